The Morgan fingerprint density at radius 3 is 2.46 bits per heavy atom. The minimum atomic E-state index is -0.916. The Morgan fingerprint density at radius 2 is 1.81 bits per heavy atom. The van der Waals surface area contributed by atoms with Gasteiger partial charge in [-0.05, 0) is 37.1 Å². The predicted molar refractivity (Wildman–Crippen MR) is 92.6 cm³/mol. The van der Waals surface area contributed by atoms with E-state index < -0.39 is 17.5 Å². The summed E-state index contributed by atoms with van der Waals surface area (Å²) in [5, 5.41) is 2.51. The first-order chi connectivity index (χ1) is 12.5. The zero-order valence-electron chi connectivity index (χ0n) is 14.3. The van der Waals surface area contributed by atoms with E-state index in [9.17, 15) is 18.4 Å². The van der Waals surface area contributed by atoms with Gasteiger partial charge in [0, 0.05) is 50.6 Å². The molecular formula is C19H21F2N3O2. The number of amides is 2. The van der Waals surface area contributed by atoms with E-state index in [1.165, 1.54) is 0 Å². The topological polar surface area (TPSA) is 54.3 Å². The Bertz CT molecular complexity index is 769. The van der Waals surface area contributed by atoms with E-state index in [0.717, 1.165) is 25.0 Å². The molecule has 2 aromatic rings. The van der Waals surface area contributed by atoms with Gasteiger partial charge in [0.15, 0.2) is 0 Å². The molecule has 0 atom stereocenters. The third-order valence-corrected chi connectivity index (χ3v) is 4.67. The van der Waals surface area contributed by atoms with Crippen LogP contribution >= 0.6 is 0 Å². The molecule has 1 aromatic carbocycles. The summed E-state index contributed by atoms with van der Waals surface area (Å²) in [6.07, 6.45) is 6.02. The van der Waals surface area contributed by atoms with Crippen molar-refractivity contribution in [2.24, 2.45) is 0 Å². The maximum Gasteiger partial charge on any atom is 0.254 e. The van der Waals surface area contributed by atoms with Crippen LogP contribution in [0.15, 0.2) is 42.7 Å². The largest absolute Gasteiger partial charge is 0.351 e. The average molecular weight is 361 g/mol. The number of halogens is 2. The van der Waals surface area contributed by atoms with Crippen LogP contribution in [0.5, 0.6) is 0 Å². The van der Waals surface area contributed by atoms with E-state index in [1.807, 2.05) is 24.5 Å². The van der Waals surface area contributed by atoms with Gasteiger partial charge in [-0.3, -0.25) is 9.59 Å². The fourth-order valence-corrected chi connectivity index (χ4v) is 3.21. The van der Waals surface area contributed by atoms with Crippen LogP contribution in [0.2, 0.25) is 0 Å². The third-order valence-electron chi connectivity index (χ3n) is 4.67. The molecule has 0 spiro atoms. The summed E-state index contributed by atoms with van der Waals surface area (Å²) in [6.45, 7) is 1.48. The smallest absolute Gasteiger partial charge is 0.254 e. The first kappa shape index (κ1) is 18.1. The van der Waals surface area contributed by atoms with Crippen LogP contribution in [-0.4, -0.2) is 40.9 Å². The third kappa shape index (κ3) is 4.28. The second-order valence-corrected chi connectivity index (χ2v) is 6.37. The van der Waals surface area contributed by atoms with Gasteiger partial charge < -0.3 is 14.8 Å². The zero-order chi connectivity index (χ0) is 18.5. The molecule has 2 amide bonds. The van der Waals surface area contributed by atoms with Crippen molar-refractivity contribution in [1.29, 1.82) is 0 Å². The summed E-state index contributed by atoms with van der Waals surface area (Å²) in [5.41, 5.74) is -0.230. The van der Waals surface area contributed by atoms with Gasteiger partial charge in [-0.15, -0.1) is 0 Å². The van der Waals surface area contributed by atoms with Crippen LogP contribution in [0, 0.1) is 11.6 Å². The SMILES string of the molecule is O=C(NCCC(=O)N1CCC(n2cccc2)CC1)c1ccc(F)cc1F. The lowest BCUT2D eigenvalue weighted by atomic mass is 10.0. The van der Waals surface area contributed by atoms with Gasteiger partial charge in [0.2, 0.25) is 5.91 Å². The normalized spacial score (nSPS) is 15.1. The van der Waals surface area contributed by atoms with Crippen molar-refractivity contribution in [3.8, 4) is 0 Å². The van der Waals surface area contributed by atoms with E-state index in [2.05, 4.69) is 9.88 Å². The first-order valence-corrected chi connectivity index (χ1v) is 8.68. The number of piperidine rings is 1. The summed E-state index contributed by atoms with van der Waals surface area (Å²) in [4.78, 5) is 26.0. The number of rotatable bonds is 5. The Morgan fingerprint density at radius 1 is 1.12 bits per heavy atom. The molecule has 5 nitrogen and oxygen atoms in total. The predicted octanol–water partition coefficient (Wildman–Crippen LogP) is 2.75. The number of likely N-dealkylation sites (tertiary alicyclic amines) is 1. The Labute approximate surface area is 150 Å². The van der Waals surface area contributed by atoms with Crippen molar-refractivity contribution in [2.75, 3.05) is 19.6 Å². The second kappa shape index (κ2) is 8.12. The number of hydrogen-bond acceptors (Lipinski definition) is 2. The summed E-state index contributed by atoms with van der Waals surface area (Å²) in [6, 6.07) is 7.17. The lowest BCUT2D eigenvalue weighted by molar-refractivity contribution is -0.132. The van der Waals surface area contributed by atoms with Crippen molar-refractivity contribution >= 4 is 11.8 Å². The highest BCUT2D eigenvalue weighted by Crippen LogP contribution is 2.22. The molecular weight excluding hydrogens is 340 g/mol. The maximum absolute atomic E-state index is 13.6. The number of aromatic nitrogens is 1. The van der Waals surface area contributed by atoms with Gasteiger partial charge in [0.1, 0.15) is 11.6 Å². The molecule has 0 bridgehead atoms. The number of nitrogens with zero attached hydrogens (tertiary/aromatic N) is 2. The molecule has 0 aliphatic carbocycles. The van der Waals surface area contributed by atoms with Crippen molar-refractivity contribution < 1.29 is 18.4 Å². The van der Waals surface area contributed by atoms with E-state index in [1.54, 1.807) is 4.90 Å². The summed E-state index contributed by atoms with van der Waals surface area (Å²) in [5.74, 6) is -2.34. The quantitative estimate of drug-likeness (QED) is 0.890. The molecule has 7 heteroatoms. The highest BCUT2D eigenvalue weighted by molar-refractivity contribution is 5.94. The molecule has 0 radical (unpaired) electrons. The van der Waals surface area contributed by atoms with Crippen LogP contribution in [0.4, 0.5) is 8.78 Å². The van der Waals surface area contributed by atoms with Crippen LogP contribution in [0.3, 0.4) is 0 Å². The van der Waals surface area contributed by atoms with Gasteiger partial charge in [0.25, 0.3) is 5.91 Å². The van der Waals surface area contributed by atoms with Gasteiger partial charge in [-0.2, -0.15) is 0 Å². The lowest BCUT2D eigenvalue weighted by Gasteiger charge is -2.33. The lowest BCUT2D eigenvalue weighted by Crippen LogP contribution is -2.40. The second-order valence-electron chi connectivity index (χ2n) is 6.37. The monoisotopic (exact) mass is 361 g/mol. The molecule has 0 saturated carbocycles. The van der Waals surface area contributed by atoms with Gasteiger partial charge >= 0.3 is 0 Å². The summed E-state index contributed by atoms with van der Waals surface area (Å²) in [7, 11) is 0. The number of hydrogen-bond donors (Lipinski definition) is 1. The highest BCUT2D eigenvalue weighted by atomic mass is 19.1. The Hall–Kier alpha value is -2.70. The molecule has 1 fully saturated rings. The van der Waals surface area contributed by atoms with Crippen molar-refractivity contribution in [1.82, 2.24) is 14.8 Å². The Kier molecular flexibility index (Phi) is 5.65. The maximum atomic E-state index is 13.6. The number of carbonyl (C=O) groups is 2. The average Bonchev–Trinajstić information content (AvgIpc) is 3.16. The number of nitrogens with one attached hydrogen (secondary N) is 1. The fourth-order valence-electron chi connectivity index (χ4n) is 3.21. The van der Waals surface area contributed by atoms with E-state index >= 15 is 0 Å². The van der Waals surface area contributed by atoms with Crippen LogP contribution < -0.4 is 5.32 Å². The molecule has 26 heavy (non-hydrogen) atoms. The first-order valence-electron chi connectivity index (χ1n) is 8.68. The van der Waals surface area contributed by atoms with Crippen LogP contribution in [-0.2, 0) is 4.79 Å². The van der Waals surface area contributed by atoms with Crippen molar-refractivity contribution in [3.05, 3.63) is 59.9 Å². The molecule has 138 valence electrons. The van der Waals surface area contributed by atoms with Gasteiger partial charge in [-0.25, -0.2) is 8.78 Å². The molecule has 0 unspecified atom stereocenters. The molecule has 1 aliphatic rings. The molecule has 1 aliphatic heterocycles. The van der Waals surface area contributed by atoms with E-state index in [0.29, 0.717) is 25.2 Å². The van der Waals surface area contributed by atoms with E-state index in [-0.39, 0.29) is 24.4 Å². The summed E-state index contributed by atoms with van der Waals surface area (Å²) >= 11 is 0. The molecule has 1 saturated heterocycles. The molecule has 3 rings (SSSR count). The Balaban J connectivity index is 1.42. The van der Waals surface area contributed by atoms with Crippen molar-refractivity contribution in [3.63, 3.8) is 0 Å². The molecule has 1 aromatic heterocycles. The number of benzene rings is 1. The fraction of sp³-hybridized carbons (Fsp3) is 0.368. The zero-order valence-corrected chi connectivity index (χ0v) is 14.3. The minimum absolute atomic E-state index is 0.0316. The standard InChI is InChI=1S/C19H21F2N3O2/c20-14-3-4-16(17(21)13-14)19(26)22-8-5-18(25)24-11-6-15(7-12-24)23-9-1-2-10-23/h1-4,9-10,13,15H,5-8,11-12H2,(H,22,26). The minimum Gasteiger partial charge on any atom is -0.351 e. The van der Waals surface area contributed by atoms with Crippen molar-refractivity contribution in [2.45, 2.75) is 25.3 Å². The molecule has 1 N–H and O–H groups in total. The van der Waals surface area contributed by atoms with E-state index in [4.69, 9.17) is 0 Å². The van der Waals surface area contributed by atoms with Crippen LogP contribution in [0.1, 0.15) is 35.7 Å². The van der Waals surface area contributed by atoms with Crippen LogP contribution in [0.25, 0.3) is 0 Å². The number of carbonyl (C=O) groups excluding carboxylic acids is 2. The summed E-state index contributed by atoms with van der Waals surface area (Å²) < 4.78 is 28.6. The van der Waals surface area contributed by atoms with Gasteiger partial charge in [0.05, 0.1) is 5.56 Å². The van der Waals surface area contributed by atoms with Gasteiger partial charge in [-0.1, -0.05) is 0 Å². The molecule has 2 heterocycles. The highest BCUT2D eigenvalue weighted by Gasteiger charge is 2.23.